The van der Waals surface area contributed by atoms with Crippen LogP contribution in [0, 0.1) is 11.6 Å². The van der Waals surface area contributed by atoms with E-state index in [9.17, 15) is 27.1 Å². The molecule has 21 heavy (non-hydrogen) atoms. The van der Waals surface area contributed by atoms with Crippen molar-refractivity contribution in [2.75, 3.05) is 0 Å². The van der Waals surface area contributed by atoms with E-state index in [0.717, 1.165) is 24.3 Å². The lowest BCUT2D eigenvalue weighted by Gasteiger charge is -2.18. The van der Waals surface area contributed by atoms with Gasteiger partial charge in [-0.25, -0.2) is 8.78 Å². The van der Waals surface area contributed by atoms with E-state index in [1.54, 1.807) is 0 Å². The van der Waals surface area contributed by atoms with Crippen molar-refractivity contribution < 1.29 is 27.1 Å². The minimum absolute atomic E-state index is 0.177. The smallest absolute Gasteiger partial charge is 0.384 e. The van der Waals surface area contributed by atoms with Crippen LogP contribution in [0.1, 0.15) is 22.8 Å². The summed E-state index contributed by atoms with van der Waals surface area (Å²) < 4.78 is 65.4. The Bertz CT molecular complexity index is 649. The van der Waals surface area contributed by atoms with Crippen LogP contribution in [0.2, 0.25) is 0 Å². The minimum atomic E-state index is -4.70. The molecule has 0 aliphatic heterocycles. The molecule has 0 saturated heterocycles. The summed E-state index contributed by atoms with van der Waals surface area (Å²) in [6.07, 6.45) is -6.49. The average molecular weight is 367 g/mol. The molecule has 2 aromatic rings. The number of alkyl halides is 3. The Kier molecular flexibility index (Phi) is 4.34. The number of rotatable bonds is 2. The van der Waals surface area contributed by atoms with Crippen molar-refractivity contribution in [3.8, 4) is 0 Å². The van der Waals surface area contributed by atoms with Crippen molar-refractivity contribution in [2.45, 2.75) is 12.3 Å². The lowest BCUT2D eigenvalue weighted by molar-refractivity contribution is -0.139. The molecule has 1 nitrogen and oxygen atoms in total. The topological polar surface area (TPSA) is 20.2 Å². The minimum Gasteiger partial charge on any atom is -0.384 e. The first-order valence-electron chi connectivity index (χ1n) is 5.69. The van der Waals surface area contributed by atoms with E-state index in [2.05, 4.69) is 15.9 Å². The van der Waals surface area contributed by atoms with Gasteiger partial charge in [0.05, 0.1) is 5.56 Å². The largest absolute Gasteiger partial charge is 0.416 e. The van der Waals surface area contributed by atoms with Gasteiger partial charge in [-0.2, -0.15) is 13.2 Å². The lowest BCUT2D eigenvalue weighted by atomic mass is 9.96. The highest BCUT2D eigenvalue weighted by Gasteiger charge is 2.35. The molecule has 1 unspecified atom stereocenters. The van der Waals surface area contributed by atoms with Crippen molar-refractivity contribution in [1.29, 1.82) is 0 Å². The van der Waals surface area contributed by atoms with E-state index in [-0.39, 0.29) is 10.0 Å². The first kappa shape index (κ1) is 15.9. The van der Waals surface area contributed by atoms with Gasteiger partial charge in [0.25, 0.3) is 0 Å². The molecule has 112 valence electrons. The van der Waals surface area contributed by atoms with Crippen LogP contribution in [0.4, 0.5) is 22.0 Å². The SMILES string of the molecule is OC(c1cc(F)cc(F)c1)c1ccc(Br)cc1C(F)(F)F. The molecular formula is C14H8BrF5O. The van der Waals surface area contributed by atoms with Crippen molar-refractivity contribution in [3.63, 3.8) is 0 Å². The van der Waals surface area contributed by atoms with E-state index < -0.39 is 35.0 Å². The van der Waals surface area contributed by atoms with Gasteiger partial charge in [0.1, 0.15) is 17.7 Å². The zero-order valence-electron chi connectivity index (χ0n) is 10.3. The zero-order chi connectivity index (χ0) is 15.8. The third-order valence-corrected chi connectivity index (χ3v) is 3.31. The Labute approximate surface area is 125 Å². The van der Waals surface area contributed by atoms with Gasteiger partial charge in [-0.15, -0.1) is 0 Å². The quantitative estimate of drug-likeness (QED) is 0.755. The van der Waals surface area contributed by atoms with Crippen LogP contribution in [-0.2, 0) is 6.18 Å². The van der Waals surface area contributed by atoms with Crippen LogP contribution < -0.4 is 0 Å². The molecule has 0 fully saturated rings. The van der Waals surface area contributed by atoms with E-state index >= 15 is 0 Å². The molecular weight excluding hydrogens is 359 g/mol. The maximum absolute atomic E-state index is 13.1. The summed E-state index contributed by atoms with van der Waals surface area (Å²) in [4.78, 5) is 0. The van der Waals surface area contributed by atoms with Crippen molar-refractivity contribution in [2.24, 2.45) is 0 Å². The van der Waals surface area contributed by atoms with Gasteiger partial charge in [0.15, 0.2) is 0 Å². The third-order valence-electron chi connectivity index (χ3n) is 2.82. The second-order valence-corrected chi connectivity index (χ2v) is 5.25. The molecule has 1 N–H and O–H groups in total. The normalized spacial score (nSPS) is 13.3. The van der Waals surface area contributed by atoms with Crippen molar-refractivity contribution in [1.82, 2.24) is 0 Å². The summed E-state index contributed by atoms with van der Waals surface area (Å²) in [6.45, 7) is 0. The molecule has 2 rings (SSSR count). The predicted molar refractivity (Wildman–Crippen MR) is 69.6 cm³/mol. The number of aliphatic hydroxyl groups is 1. The fourth-order valence-electron chi connectivity index (χ4n) is 1.93. The second-order valence-electron chi connectivity index (χ2n) is 4.33. The summed E-state index contributed by atoms with van der Waals surface area (Å²) >= 11 is 2.92. The maximum Gasteiger partial charge on any atom is 0.416 e. The monoisotopic (exact) mass is 366 g/mol. The Hall–Kier alpha value is -1.47. The van der Waals surface area contributed by atoms with Gasteiger partial charge in [0.2, 0.25) is 0 Å². The molecule has 0 saturated carbocycles. The van der Waals surface area contributed by atoms with Gasteiger partial charge in [-0.3, -0.25) is 0 Å². The molecule has 1 atom stereocenters. The van der Waals surface area contributed by atoms with Crippen LogP contribution in [0.3, 0.4) is 0 Å². The second kappa shape index (κ2) is 5.73. The lowest BCUT2D eigenvalue weighted by Crippen LogP contribution is -2.13. The molecule has 0 bridgehead atoms. The van der Waals surface area contributed by atoms with E-state index in [1.807, 2.05) is 0 Å². The summed E-state index contributed by atoms with van der Waals surface area (Å²) in [6, 6.07) is 5.31. The molecule has 0 aliphatic carbocycles. The van der Waals surface area contributed by atoms with E-state index in [0.29, 0.717) is 6.07 Å². The molecule has 0 aliphatic rings. The molecule has 0 heterocycles. The van der Waals surface area contributed by atoms with Crippen molar-refractivity contribution >= 4 is 15.9 Å². The molecule has 0 radical (unpaired) electrons. The predicted octanol–water partition coefficient (Wildman–Crippen LogP) is 4.83. The van der Waals surface area contributed by atoms with Crippen LogP contribution in [0.15, 0.2) is 40.9 Å². The number of benzene rings is 2. The number of hydrogen-bond acceptors (Lipinski definition) is 1. The van der Waals surface area contributed by atoms with Crippen LogP contribution in [-0.4, -0.2) is 5.11 Å². The zero-order valence-corrected chi connectivity index (χ0v) is 11.8. The fraction of sp³-hybridized carbons (Fsp3) is 0.143. The van der Waals surface area contributed by atoms with E-state index in [4.69, 9.17) is 0 Å². The van der Waals surface area contributed by atoms with E-state index in [1.165, 1.54) is 6.07 Å². The van der Waals surface area contributed by atoms with Gasteiger partial charge in [-0.05, 0) is 35.4 Å². The van der Waals surface area contributed by atoms with Gasteiger partial charge in [-0.1, -0.05) is 22.0 Å². The first-order chi connectivity index (χ1) is 9.68. The van der Waals surface area contributed by atoms with Gasteiger partial charge >= 0.3 is 6.18 Å². The first-order valence-corrected chi connectivity index (χ1v) is 6.48. The average Bonchev–Trinajstić information content (AvgIpc) is 2.35. The van der Waals surface area contributed by atoms with Crippen LogP contribution in [0.5, 0.6) is 0 Å². The third kappa shape index (κ3) is 3.59. The summed E-state index contributed by atoms with van der Waals surface area (Å²) in [5.41, 5.74) is -1.84. The summed E-state index contributed by atoms with van der Waals surface area (Å²) in [5.74, 6) is -1.95. The maximum atomic E-state index is 13.1. The van der Waals surface area contributed by atoms with Crippen LogP contribution >= 0.6 is 15.9 Å². The highest BCUT2D eigenvalue weighted by atomic mass is 79.9. The number of aliphatic hydroxyl groups excluding tert-OH is 1. The fourth-order valence-corrected chi connectivity index (χ4v) is 2.29. The van der Waals surface area contributed by atoms with Gasteiger partial charge in [0, 0.05) is 10.5 Å². The van der Waals surface area contributed by atoms with Crippen LogP contribution in [0.25, 0.3) is 0 Å². The number of halogens is 6. The molecule has 0 spiro atoms. The van der Waals surface area contributed by atoms with Gasteiger partial charge < -0.3 is 5.11 Å². The molecule has 0 aromatic heterocycles. The Morgan fingerprint density at radius 3 is 2.05 bits per heavy atom. The standard InChI is InChI=1S/C14H8BrF5O/c15-8-1-2-11(12(5-8)14(18,19)20)13(21)7-3-9(16)6-10(17)4-7/h1-6,13,21H. The highest BCUT2D eigenvalue weighted by Crippen LogP contribution is 2.38. The molecule has 0 amide bonds. The Morgan fingerprint density at radius 2 is 1.52 bits per heavy atom. The summed E-state index contributed by atoms with van der Waals surface area (Å²) in [7, 11) is 0. The Balaban J connectivity index is 2.55. The van der Waals surface area contributed by atoms with Crippen molar-refractivity contribution in [3.05, 3.63) is 69.2 Å². The number of hydrogen-bond donors (Lipinski definition) is 1. The Morgan fingerprint density at radius 1 is 0.952 bits per heavy atom. The highest BCUT2D eigenvalue weighted by molar-refractivity contribution is 9.10. The molecule has 7 heteroatoms. The summed E-state index contributed by atoms with van der Waals surface area (Å²) in [5, 5.41) is 10.0. The molecule has 2 aromatic carbocycles.